The zero-order chi connectivity index (χ0) is 14.3. The average Bonchev–Trinajstić information content (AvgIpc) is 2.34. The topological polar surface area (TPSA) is 78.4 Å². The number of carboxylic acid groups (broad SMARTS) is 1. The third kappa shape index (κ3) is 4.94. The molecule has 0 radical (unpaired) electrons. The molecule has 0 unspecified atom stereocenters. The minimum atomic E-state index is -0.991. The van der Waals surface area contributed by atoms with Crippen LogP contribution in [0.4, 0.5) is 4.79 Å². The molecule has 18 heavy (non-hydrogen) atoms. The van der Waals surface area contributed by atoms with E-state index in [2.05, 4.69) is 10.6 Å². The molecule has 3 N–H and O–H groups in total. The molecule has 0 spiro atoms. The molecule has 0 aliphatic heterocycles. The number of aliphatic carboxylic acids is 1. The Hall–Kier alpha value is -1.26. The number of rotatable bonds is 7. The van der Waals surface area contributed by atoms with E-state index >= 15 is 0 Å². The number of carbonyl (C=O) groups is 2. The van der Waals surface area contributed by atoms with Gasteiger partial charge in [-0.2, -0.15) is 0 Å². The summed E-state index contributed by atoms with van der Waals surface area (Å²) in [5.41, 5.74) is -0.289. The van der Waals surface area contributed by atoms with Gasteiger partial charge < -0.3 is 15.7 Å². The summed E-state index contributed by atoms with van der Waals surface area (Å²) in [6.07, 6.45) is 2.31. The molecule has 0 aliphatic rings. The first-order chi connectivity index (χ1) is 8.29. The number of carboxylic acids is 1. The van der Waals surface area contributed by atoms with Gasteiger partial charge in [-0.1, -0.05) is 34.1 Å². The third-order valence-corrected chi connectivity index (χ3v) is 3.74. The molecule has 106 valence electrons. The highest BCUT2D eigenvalue weighted by Crippen LogP contribution is 2.14. The SMILES string of the molecule is CC[C@H](C)[C@H](NC(=O)NC(C)(CC)CC)C(=O)O. The zero-order valence-corrected chi connectivity index (χ0v) is 12.0. The predicted molar refractivity (Wildman–Crippen MR) is 71.5 cm³/mol. The number of nitrogens with one attached hydrogen (secondary N) is 2. The largest absolute Gasteiger partial charge is 0.480 e. The Labute approximate surface area is 109 Å². The summed E-state index contributed by atoms with van der Waals surface area (Å²) in [7, 11) is 0. The van der Waals surface area contributed by atoms with Crippen molar-refractivity contribution in [2.45, 2.75) is 65.5 Å². The van der Waals surface area contributed by atoms with E-state index in [0.29, 0.717) is 6.42 Å². The van der Waals surface area contributed by atoms with Gasteiger partial charge in [0.05, 0.1) is 0 Å². The minimum absolute atomic E-state index is 0.0947. The molecule has 0 aromatic heterocycles. The first kappa shape index (κ1) is 16.7. The summed E-state index contributed by atoms with van der Waals surface area (Å²) in [5, 5.41) is 14.5. The van der Waals surface area contributed by atoms with Crippen LogP contribution < -0.4 is 10.6 Å². The fourth-order valence-corrected chi connectivity index (χ4v) is 1.56. The van der Waals surface area contributed by atoms with Crippen molar-refractivity contribution in [2.24, 2.45) is 5.92 Å². The molecule has 0 saturated carbocycles. The summed E-state index contributed by atoms with van der Waals surface area (Å²) in [5.74, 6) is -1.09. The molecule has 0 bridgehead atoms. The molecule has 5 heteroatoms. The van der Waals surface area contributed by atoms with E-state index in [9.17, 15) is 9.59 Å². The van der Waals surface area contributed by atoms with E-state index in [4.69, 9.17) is 5.11 Å². The number of carbonyl (C=O) groups excluding carboxylic acids is 1. The number of amides is 2. The van der Waals surface area contributed by atoms with Crippen LogP contribution in [0.15, 0.2) is 0 Å². The first-order valence-electron chi connectivity index (χ1n) is 6.61. The lowest BCUT2D eigenvalue weighted by Crippen LogP contribution is -2.55. The van der Waals surface area contributed by atoms with Crippen molar-refractivity contribution in [2.75, 3.05) is 0 Å². The summed E-state index contributed by atoms with van der Waals surface area (Å²) in [4.78, 5) is 22.9. The van der Waals surface area contributed by atoms with Crippen molar-refractivity contribution < 1.29 is 14.7 Å². The van der Waals surface area contributed by atoms with Crippen molar-refractivity contribution in [3.63, 3.8) is 0 Å². The molecule has 2 atom stereocenters. The summed E-state index contributed by atoms with van der Waals surface area (Å²) < 4.78 is 0. The van der Waals surface area contributed by atoms with Gasteiger partial charge >= 0.3 is 12.0 Å². The van der Waals surface area contributed by atoms with E-state index in [1.54, 1.807) is 0 Å². The normalized spacial score (nSPS) is 14.7. The molecule has 0 heterocycles. The number of hydrogen-bond donors (Lipinski definition) is 3. The zero-order valence-electron chi connectivity index (χ0n) is 12.0. The molecule has 0 aliphatic carbocycles. The first-order valence-corrected chi connectivity index (χ1v) is 6.61. The van der Waals surface area contributed by atoms with Gasteiger partial charge in [0.15, 0.2) is 0 Å². The third-order valence-electron chi connectivity index (χ3n) is 3.74. The Balaban J connectivity index is 4.57. The molecule has 0 aromatic carbocycles. The van der Waals surface area contributed by atoms with E-state index in [1.807, 2.05) is 34.6 Å². The van der Waals surface area contributed by atoms with E-state index in [0.717, 1.165) is 12.8 Å². The number of urea groups is 1. The van der Waals surface area contributed by atoms with Gasteiger partial charge in [0.2, 0.25) is 0 Å². The lowest BCUT2D eigenvalue weighted by atomic mass is 9.95. The van der Waals surface area contributed by atoms with Crippen molar-refractivity contribution >= 4 is 12.0 Å². The van der Waals surface area contributed by atoms with Crippen molar-refractivity contribution in [3.05, 3.63) is 0 Å². The Morgan fingerprint density at radius 2 is 1.72 bits per heavy atom. The number of hydrogen-bond acceptors (Lipinski definition) is 2. The average molecular weight is 258 g/mol. The van der Waals surface area contributed by atoms with Gasteiger partial charge in [0.1, 0.15) is 6.04 Å². The summed E-state index contributed by atoms with van der Waals surface area (Å²) in [6.45, 7) is 9.66. The Morgan fingerprint density at radius 1 is 1.22 bits per heavy atom. The molecule has 2 amide bonds. The van der Waals surface area contributed by atoms with Crippen LogP contribution >= 0.6 is 0 Å². The Morgan fingerprint density at radius 3 is 2.06 bits per heavy atom. The van der Waals surface area contributed by atoms with Gasteiger partial charge in [0, 0.05) is 5.54 Å². The fraction of sp³-hybridized carbons (Fsp3) is 0.846. The molecular formula is C13H26N2O3. The Bertz CT molecular complexity index is 288. The molecule has 5 nitrogen and oxygen atoms in total. The van der Waals surface area contributed by atoms with Crippen LogP contribution in [-0.4, -0.2) is 28.7 Å². The lowest BCUT2D eigenvalue weighted by Gasteiger charge is -2.30. The Kier molecular flexibility index (Phi) is 6.73. The highest BCUT2D eigenvalue weighted by molar-refractivity contribution is 5.83. The van der Waals surface area contributed by atoms with E-state index in [1.165, 1.54) is 0 Å². The van der Waals surface area contributed by atoms with Gasteiger partial charge in [-0.15, -0.1) is 0 Å². The predicted octanol–water partition coefficient (Wildman–Crippen LogP) is 2.36. The van der Waals surface area contributed by atoms with Crippen molar-refractivity contribution in [1.29, 1.82) is 0 Å². The van der Waals surface area contributed by atoms with E-state index in [-0.39, 0.29) is 11.5 Å². The standard InChI is InChI=1S/C13H26N2O3/c1-6-9(4)10(11(16)17)14-12(18)15-13(5,7-2)8-3/h9-10H,6-8H2,1-5H3,(H,16,17)(H2,14,15,18)/t9-,10-/m0/s1. The van der Waals surface area contributed by atoms with Crippen LogP contribution in [0.2, 0.25) is 0 Å². The van der Waals surface area contributed by atoms with Crippen LogP contribution in [0.3, 0.4) is 0 Å². The van der Waals surface area contributed by atoms with Crippen LogP contribution in [0, 0.1) is 5.92 Å². The van der Waals surface area contributed by atoms with Crippen LogP contribution in [0.5, 0.6) is 0 Å². The molecule has 0 fully saturated rings. The summed E-state index contributed by atoms with van der Waals surface area (Å²) >= 11 is 0. The highest BCUT2D eigenvalue weighted by Gasteiger charge is 2.28. The van der Waals surface area contributed by atoms with Crippen LogP contribution in [0.1, 0.15) is 53.9 Å². The molecule has 0 aromatic rings. The molecular weight excluding hydrogens is 232 g/mol. The molecule has 0 rings (SSSR count). The van der Waals surface area contributed by atoms with Crippen LogP contribution in [-0.2, 0) is 4.79 Å². The molecule has 0 saturated heterocycles. The van der Waals surface area contributed by atoms with Gasteiger partial charge in [0.25, 0.3) is 0 Å². The summed E-state index contributed by atoms with van der Waals surface area (Å²) in [6, 6.07) is -1.25. The second-order valence-corrected chi connectivity index (χ2v) is 5.07. The maximum Gasteiger partial charge on any atom is 0.326 e. The second kappa shape index (κ2) is 7.24. The smallest absolute Gasteiger partial charge is 0.326 e. The quantitative estimate of drug-likeness (QED) is 0.656. The van der Waals surface area contributed by atoms with Crippen molar-refractivity contribution in [3.8, 4) is 0 Å². The maximum atomic E-state index is 11.8. The highest BCUT2D eigenvalue weighted by atomic mass is 16.4. The fourth-order valence-electron chi connectivity index (χ4n) is 1.56. The van der Waals surface area contributed by atoms with Crippen LogP contribution in [0.25, 0.3) is 0 Å². The van der Waals surface area contributed by atoms with Gasteiger partial charge in [-0.25, -0.2) is 9.59 Å². The lowest BCUT2D eigenvalue weighted by molar-refractivity contribution is -0.140. The van der Waals surface area contributed by atoms with Crippen molar-refractivity contribution in [1.82, 2.24) is 10.6 Å². The maximum absolute atomic E-state index is 11.8. The monoisotopic (exact) mass is 258 g/mol. The minimum Gasteiger partial charge on any atom is -0.480 e. The van der Waals surface area contributed by atoms with Gasteiger partial charge in [-0.05, 0) is 25.7 Å². The van der Waals surface area contributed by atoms with Gasteiger partial charge in [-0.3, -0.25) is 0 Å². The second-order valence-electron chi connectivity index (χ2n) is 5.07. The van der Waals surface area contributed by atoms with E-state index < -0.39 is 18.0 Å².